The largest absolute Gasteiger partial charge is 0.316 e. The number of nitrogens with zero attached hydrogens (tertiary/aromatic N) is 1. The fraction of sp³-hybridized carbons (Fsp3) is 1.00. The molecule has 0 rings (SSSR count). The van der Waals surface area contributed by atoms with E-state index in [1.54, 1.807) is 0 Å². The molecule has 0 aliphatic rings. The smallest absolute Gasteiger partial charge is 0.0220 e. The molecule has 0 heterocycles. The second-order valence-electron chi connectivity index (χ2n) is 3.91. The van der Waals surface area contributed by atoms with Gasteiger partial charge in [0.25, 0.3) is 0 Å². The molecule has 2 heteroatoms. The van der Waals surface area contributed by atoms with Gasteiger partial charge in [-0.15, -0.1) is 0 Å². The second kappa shape index (κ2) is 6.39. The van der Waals surface area contributed by atoms with Crippen LogP contribution < -0.4 is 5.32 Å². The summed E-state index contributed by atoms with van der Waals surface area (Å²) < 4.78 is 0. The van der Waals surface area contributed by atoms with Gasteiger partial charge in [-0.25, -0.2) is 0 Å². The van der Waals surface area contributed by atoms with Gasteiger partial charge in [-0.1, -0.05) is 13.8 Å². The van der Waals surface area contributed by atoms with E-state index >= 15 is 0 Å². The maximum atomic E-state index is 3.32. The summed E-state index contributed by atoms with van der Waals surface area (Å²) in [7, 11) is 2.03. The SMILES string of the molecule is CCC(C)N(CC)C(C)C(C)NC. The molecule has 0 amide bonds. The van der Waals surface area contributed by atoms with E-state index in [0.717, 1.165) is 6.54 Å². The van der Waals surface area contributed by atoms with Crippen molar-refractivity contribution in [1.82, 2.24) is 10.2 Å². The molecule has 0 aromatic rings. The van der Waals surface area contributed by atoms with Crippen LogP contribution in [0.2, 0.25) is 0 Å². The highest BCUT2D eigenvalue weighted by molar-refractivity contribution is 4.79. The first-order valence-electron chi connectivity index (χ1n) is 5.51. The van der Waals surface area contributed by atoms with Crippen LogP contribution in [0, 0.1) is 0 Å². The van der Waals surface area contributed by atoms with Crippen LogP contribution in [-0.2, 0) is 0 Å². The fourth-order valence-corrected chi connectivity index (χ4v) is 1.76. The van der Waals surface area contributed by atoms with Crippen LogP contribution in [0.3, 0.4) is 0 Å². The highest BCUT2D eigenvalue weighted by Crippen LogP contribution is 2.10. The number of hydrogen-bond donors (Lipinski definition) is 1. The molecule has 0 radical (unpaired) electrons. The van der Waals surface area contributed by atoms with E-state index in [1.165, 1.54) is 6.42 Å². The molecule has 13 heavy (non-hydrogen) atoms. The quantitative estimate of drug-likeness (QED) is 0.683. The predicted octanol–water partition coefficient (Wildman–Crippen LogP) is 2.10. The van der Waals surface area contributed by atoms with Crippen LogP contribution in [0.5, 0.6) is 0 Å². The average molecular weight is 186 g/mol. The molecule has 0 saturated heterocycles. The molecule has 3 unspecified atom stereocenters. The van der Waals surface area contributed by atoms with E-state index in [4.69, 9.17) is 0 Å². The van der Waals surface area contributed by atoms with Crippen molar-refractivity contribution in [3.05, 3.63) is 0 Å². The zero-order chi connectivity index (χ0) is 10.4. The molecule has 3 atom stereocenters. The Balaban J connectivity index is 4.21. The van der Waals surface area contributed by atoms with Gasteiger partial charge in [-0.2, -0.15) is 0 Å². The molecular weight excluding hydrogens is 160 g/mol. The summed E-state index contributed by atoms with van der Waals surface area (Å²) in [6, 6.07) is 1.87. The van der Waals surface area contributed by atoms with Gasteiger partial charge >= 0.3 is 0 Å². The Labute approximate surface area is 83.7 Å². The Morgan fingerprint density at radius 3 is 2.00 bits per heavy atom. The van der Waals surface area contributed by atoms with Gasteiger partial charge in [0.2, 0.25) is 0 Å². The van der Waals surface area contributed by atoms with Gasteiger partial charge in [0, 0.05) is 18.1 Å². The number of likely N-dealkylation sites (N-methyl/N-ethyl adjacent to an activating group) is 2. The van der Waals surface area contributed by atoms with Gasteiger partial charge in [-0.05, 0) is 40.8 Å². The third-order valence-electron chi connectivity index (χ3n) is 3.22. The van der Waals surface area contributed by atoms with E-state index in [9.17, 15) is 0 Å². The summed E-state index contributed by atoms with van der Waals surface area (Å²) in [6.45, 7) is 12.5. The monoisotopic (exact) mass is 186 g/mol. The molecule has 0 aromatic heterocycles. The number of rotatable bonds is 6. The van der Waals surface area contributed by atoms with E-state index < -0.39 is 0 Å². The fourth-order valence-electron chi connectivity index (χ4n) is 1.76. The summed E-state index contributed by atoms with van der Waals surface area (Å²) in [5.41, 5.74) is 0. The van der Waals surface area contributed by atoms with E-state index in [0.29, 0.717) is 18.1 Å². The third kappa shape index (κ3) is 3.65. The highest BCUT2D eigenvalue weighted by atomic mass is 15.2. The van der Waals surface area contributed by atoms with Crippen molar-refractivity contribution in [2.45, 2.75) is 59.2 Å². The molecule has 0 aromatic carbocycles. The van der Waals surface area contributed by atoms with E-state index in [1.807, 2.05) is 7.05 Å². The minimum absolute atomic E-state index is 0.564. The lowest BCUT2D eigenvalue weighted by Crippen LogP contribution is -2.49. The number of hydrogen-bond acceptors (Lipinski definition) is 2. The van der Waals surface area contributed by atoms with Gasteiger partial charge in [0.15, 0.2) is 0 Å². The van der Waals surface area contributed by atoms with Crippen LogP contribution in [0.25, 0.3) is 0 Å². The summed E-state index contributed by atoms with van der Waals surface area (Å²) in [5, 5.41) is 3.32. The maximum Gasteiger partial charge on any atom is 0.0220 e. The molecular formula is C11H26N2. The summed E-state index contributed by atoms with van der Waals surface area (Å²) in [6.07, 6.45) is 1.23. The second-order valence-corrected chi connectivity index (χ2v) is 3.91. The van der Waals surface area contributed by atoms with Crippen LogP contribution in [-0.4, -0.2) is 36.6 Å². The lowest BCUT2D eigenvalue weighted by Gasteiger charge is -2.36. The first-order valence-corrected chi connectivity index (χ1v) is 5.51. The Bertz CT molecular complexity index is 125. The van der Waals surface area contributed by atoms with Crippen LogP contribution in [0.15, 0.2) is 0 Å². The Morgan fingerprint density at radius 1 is 1.15 bits per heavy atom. The summed E-state index contributed by atoms with van der Waals surface area (Å²) >= 11 is 0. The molecule has 0 aliphatic carbocycles. The van der Waals surface area contributed by atoms with Crippen molar-refractivity contribution < 1.29 is 0 Å². The Hall–Kier alpha value is -0.0800. The van der Waals surface area contributed by atoms with Crippen molar-refractivity contribution in [2.75, 3.05) is 13.6 Å². The van der Waals surface area contributed by atoms with Crippen molar-refractivity contribution in [2.24, 2.45) is 0 Å². The minimum Gasteiger partial charge on any atom is -0.316 e. The molecule has 0 bridgehead atoms. The minimum atomic E-state index is 0.564. The highest BCUT2D eigenvalue weighted by Gasteiger charge is 2.20. The topological polar surface area (TPSA) is 15.3 Å². The van der Waals surface area contributed by atoms with Crippen molar-refractivity contribution in [3.63, 3.8) is 0 Å². The number of nitrogens with one attached hydrogen (secondary N) is 1. The Morgan fingerprint density at radius 2 is 1.69 bits per heavy atom. The Kier molecular flexibility index (Phi) is 6.35. The molecule has 0 aliphatic heterocycles. The first-order chi connectivity index (χ1) is 6.08. The van der Waals surface area contributed by atoms with E-state index in [-0.39, 0.29) is 0 Å². The lowest BCUT2D eigenvalue weighted by molar-refractivity contribution is 0.134. The zero-order valence-corrected chi connectivity index (χ0v) is 10.1. The molecule has 0 spiro atoms. The van der Waals surface area contributed by atoms with Crippen LogP contribution in [0.4, 0.5) is 0 Å². The van der Waals surface area contributed by atoms with Gasteiger partial charge < -0.3 is 5.32 Å². The predicted molar refractivity (Wildman–Crippen MR) is 60.1 cm³/mol. The molecule has 0 saturated carbocycles. The van der Waals surface area contributed by atoms with Crippen LogP contribution in [0.1, 0.15) is 41.0 Å². The van der Waals surface area contributed by atoms with Crippen molar-refractivity contribution in [3.8, 4) is 0 Å². The van der Waals surface area contributed by atoms with E-state index in [2.05, 4.69) is 44.8 Å². The third-order valence-corrected chi connectivity index (χ3v) is 3.22. The van der Waals surface area contributed by atoms with Gasteiger partial charge in [0.1, 0.15) is 0 Å². The first kappa shape index (κ1) is 12.9. The lowest BCUT2D eigenvalue weighted by atomic mass is 10.1. The maximum absolute atomic E-state index is 3.32. The molecule has 2 nitrogen and oxygen atoms in total. The van der Waals surface area contributed by atoms with Gasteiger partial charge in [0.05, 0.1) is 0 Å². The van der Waals surface area contributed by atoms with Crippen LogP contribution >= 0.6 is 0 Å². The summed E-state index contributed by atoms with van der Waals surface area (Å²) in [5.74, 6) is 0. The average Bonchev–Trinajstić information content (AvgIpc) is 2.17. The standard InChI is InChI=1S/C11H26N2/c1-7-9(3)13(8-2)11(5)10(4)12-6/h9-12H,7-8H2,1-6H3. The zero-order valence-electron chi connectivity index (χ0n) is 10.1. The molecule has 0 fully saturated rings. The summed E-state index contributed by atoms with van der Waals surface area (Å²) in [4.78, 5) is 2.56. The van der Waals surface area contributed by atoms with Crippen molar-refractivity contribution >= 4 is 0 Å². The molecule has 80 valence electrons. The molecule has 1 N–H and O–H groups in total. The van der Waals surface area contributed by atoms with Gasteiger partial charge in [-0.3, -0.25) is 4.90 Å². The van der Waals surface area contributed by atoms with Crippen molar-refractivity contribution in [1.29, 1.82) is 0 Å². The normalized spacial score (nSPS) is 18.7.